The lowest BCUT2D eigenvalue weighted by molar-refractivity contribution is -0.130. The molecule has 0 saturated heterocycles. The van der Waals surface area contributed by atoms with E-state index in [1.807, 2.05) is 32.0 Å². The van der Waals surface area contributed by atoms with E-state index in [1.54, 1.807) is 12.0 Å². The van der Waals surface area contributed by atoms with Crippen LogP contribution >= 0.6 is 0 Å². The summed E-state index contributed by atoms with van der Waals surface area (Å²) in [6.07, 6.45) is 0.993. The summed E-state index contributed by atoms with van der Waals surface area (Å²) in [7, 11) is 1.63. The molecule has 106 valence electrons. The maximum atomic E-state index is 12.1. The number of aliphatic hydroxyl groups is 1. The summed E-state index contributed by atoms with van der Waals surface area (Å²) in [5, 5.41) is 8.83. The molecular weight excluding hydrogens is 242 g/mol. The van der Waals surface area contributed by atoms with Crippen LogP contribution in [0.3, 0.4) is 0 Å². The first-order chi connectivity index (χ1) is 9.12. The predicted octanol–water partition coefficient (Wildman–Crippen LogP) is 1.78. The molecule has 4 heteroatoms. The van der Waals surface area contributed by atoms with Gasteiger partial charge in [0.25, 0.3) is 0 Å². The second-order valence-electron chi connectivity index (χ2n) is 4.53. The number of aliphatic hydroxyl groups excluding tert-OH is 1. The minimum absolute atomic E-state index is 0.0851. The Kier molecular flexibility index (Phi) is 6.36. The number of carbonyl (C=O) groups excluding carboxylic acids is 1. The van der Waals surface area contributed by atoms with Crippen LogP contribution in [0.25, 0.3) is 0 Å². The fraction of sp³-hybridized carbons (Fsp3) is 0.533. The molecule has 0 bridgehead atoms. The van der Waals surface area contributed by atoms with Crippen LogP contribution in [-0.4, -0.2) is 42.7 Å². The lowest BCUT2D eigenvalue weighted by atomic mass is 10.1. The second-order valence-corrected chi connectivity index (χ2v) is 4.53. The van der Waals surface area contributed by atoms with E-state index in [0.29, 0.717) is 25.9 Å². The Morgan fingerprint density at radius 3 is 2.74 bits per heavy atom. The minimum atomic E-state index is 0.0851. The highest BCUT2D eigenvalue weighted by molar-refractivity contribution is 5.78. The zero-order valence-corrected chi connectivity index (χ0v) is 12.0. The molecular formula is C15H23NO3. The van der Waals surface area contributed by atoms with Crippen LogP contribution in [0.2, 0.25) is 0 Å². The maximum absolute atomic E-state index is 12.1. The first-order valence-electron chi connectivity index (χ1n) is 6.64. The highest BCUT2D eigenvalue weighted by atomic mass is 16.5. The molecule has 1 amide bonds. The van der Waals surface area contributed by atoms with Gasteiger partial charge in [0.1, 0.15) is 5.75 Å². The first kappa shape index (κ1) is 15.5. The number of rotatable bonds is 7. The lowest BCUT2D eigenvalue weighted by Crippen LogP contribution is -2.33. The number of methoxy groups -OCH3 is 1. The van der Waals surface area contributed by atoms with Crippen molar-refractivity contribution in [3.05, 3.63) is 29.3 Å². The van der Waals surface area contributed by atoms with Gasteiger partial charge in [-0.1, -0.05) is 12.1 Å². The number of nitrogens with zero attached hydrogens (tertiary/aromatic N) is 1. The van der Waals surface area contributed by atoms with Crippen LogP contribution in [0.4, 0.5) is 0 Å². The van der Waals surface area contributed by atoms with Crippen LogP contribution in [0.5, 0.6) is 5.75 Å². The molecule has 1 aromatic carbocycles. The van der Waals surface area contributed by atoms with Crippen LogP contribution in [0.15, 0.2) is 18.2 Å². The maximum Gasteiger partial charge on any atom is 0.226 e. The summed E-state index contributed by atoms with van der Waals surface area (Å²) < 4.78 is 5.26. The predicted molar refractivity (Wildman–Crippen MR) is 75.4 cm³/mol. The third kappa shape index (κ3) is 4.56. The van der Waals surface area contributed by atoms with Crippen LogP contribution in [-0.2, 0) is 11.2 Å². The number of hydrogen-bond donors (Lipinski definition) is 1. The average Bonchev–Trinajstić information content (AvgIpc) is 2.41. The highest BCUT2D eigenvalue weighted by Crippen LogP contribution is 2.19. The summed E-state index contributed by atoms with van der Waals surface area (Å²) in [4.78, 5) is 13.9. The SMILES string of the molecule is CCN(CCCO)C(=O)Cc1ccc(C)c(OC)c1. The molecule has 1 aromatic rings. The van der Waals surface area contributed by atoms with Gasteiger partial charge in [-0.3, -0.25) is 4.79 Å². The molecule has 0 aliphatic carbocycles. The number of aryl methyl sites for hydroxylation is 1. The number of benzene rings is 1. The molecule has 0 aliphatic heterocycles. The Balaban J connectivity index is 2.69. The smallest absolute Gasteiger partial charge is 0.226 e. The molecule has 19 heavy (non-hydrogen) atoms. The summed E-state index contributed by atoms with van der Waals surface area (Å²) >= 11 is 0. The summed E-state index contributed by atoms with van der Waals surface area (Å²) in [6.45, 7) is 5.31. The van der Waals surface area contributed by atoms with Gasteiger partial charge in [-0.2, -0.15) is 0 Å². The van der Waals surface area contributed by atoms with E-state index in [-0.39, 0.29) is 12.5 Å². The molecule has 0 radical (unpaired) electrons. The highest BCUT2D eigenvalue weighted by Gasteiger charge is 2.12. The third-order valence-electron chi connectivity index (χ3n) is 3.15. The van der Waals surface area contributed by atoms with Gasteiger partial charge in [0, 0.05) is 19.7 Å². The molecule has 1 N–H and O–H groups in total. The summed E-state index contributed by atoms with van der Waals surface area (Å²) in [5.74, 6) is 0.894. The van der Waals surface area contributed by atoms with E-state index in [4.69, 9.17) is 9.84 Å². The Hall–Kier alpha value is -1.55. The summed E-state index contributed by atoms with van der Waals surface area (Å²) in [6, 6.07) is 5.83. The molecule has 4 nitrogen and oxygen atoms in total. The molecule has 0 aliphatic rings. The van der Waals surface area contributed by atoms with Crippen molar-refractivity contribution in [2.24, 2.45) is 0 Å². The van der Waals surface area contributed by atoms with Gasteiger partial charge in [0.2, 0.25) is 5.91 Å². The van der Waals surface area contributed by atoms with E-state index in [9.17, 15) is 4.79 Å². The Bertz CT molecular complexity index is 418. The van der Waals surface area contributed by atoms with Crippen LogP contribution in [0.1, 0.15) is 24.5 Å². The molecule has 0 heterocycles. The van der Waals surface area contributed by atoms with Crippen molar-refractivity contribution < 1.29 is 14.6 Å². The van der Waals surface area contributed by atoms with Gasteiger partial charge in [-0.25, -0.2) is 0 Å². The third-order valence-corrected chi connectivity index (χ3v) is 3.15. The minimum Gasteiger partial charge on any atom is -0.496 e. The second kappa shape index (κ2) is 7.79. The Morgan fingerprint density at radius 2 is 2.16 bits per heavy atom. The molecule has 0 saturated carbocycles. The largest absolute Gasteiger partial charge is 0.496 e. The molecule has 0 spiro atoms. The van der Waals surface area contributed by atoms with Gasteiger partial charge in [-0.05, 0) is 37.5 Å². The molecule has 0 unspecified atom stereocenters. The normalized spacial score (nSPS) is 10.3. The average molecular weight is 265 g/mol. The number of hydrogen-bond acceptors (Lipinski definition) is 3. The topological polar surface area (TPSA) is 49.8 Å². The van der Waals surface area contributed by atoms with Gasteiger partial charge < -0.3 is 14.7 Å². The van der Waals surface area contributed by atoms with E-state index >= 15 is 0 Å². The fourth-order valence-electron chi connectivity index (χ4n) is 1.98. The van der Waals surface area contributed by atoms with Crippen molar-refractivity contribution in [2.75, 3.05) is 26.8 Å². The first-order valence-corrected chi connectivity index (χ1v) is 6.64. The van der Waals surface area contributed by atoms with Gasteiger partial charge in [0.15, 0.2) is 0 Å². The monoisotopic (exact) mass is 265 g/mol. The standard InChI is InChI=1S/C15H23NO3/c1-4-16(8-5-9-17)15(18)11-13-7-6-12(2)14(10-13)19-3/h6-7,10,17H,4-5,8-9,11H2,1-3H3. The zero-order valence-electron chi connectivity index (χ0n) is 12.0. The Labute approximate surface area is 115 Å². The van der Waals surface area contributed by atoms with Gasteiger partial charge in [-0.15, -0.1) is 0 Å². The molecule has 0 aromatic heterocycles. The molecule has 0 atom stereocenters. The fourth-order valence-corrected chi connectivity index (χ4v) is 1.98. The van der Waals surface area contributed by atoms with Crippen molar-refractivity contribution in [2.45, 2.75) is 26.7 Å². The Morgan fingerprint density at radius 1 is 1.42 bits per heavy atom. The van der Waals surface area contributed by atoms with Crippen LogP contribution < -0.4 is 4.74 Å². The number of likely N-dealkylation sites (N-methyl/N-ethyl adjacent to an activating group) is 1. The van der Waals surface area contributed by atoms with Crippen molar-refractivity contribution in [1.82, 2.24) is 4.90 Å². The molecule has 0 fully saturated rings. The molecule has 1 rings (SSSR count). The van der Waals surface area contributed by atoms with Crippen LogP contribution in [0, 0.1) is 6.92 Å². The lowest BCUT2D eigenvalue weighted by Gasteiger charge is -2.20. The van der Waals surface area contributed by atoms with Gasteiger partial charge >= 0.3 is 0 Å². The van der Waals surface area contributed by atoms with E-state index in [1.165, 1.54) is 0 Å². The summed E-state index contributed by atoms with van der Waals surface area (Å²) in [5.41, 5.74) is 2.02. The van der Waals surface area contributed by atoms with E-state index in [2.05, 4.69) is 0 Å². The quantitative estimate of drug-likeness (QED) is 0.817. The number of carbonyl (C=O) groups is 1. The zero-order chi connectivity index (χ0) is 14.3. The van der Waals surface area contributed by atoms with Crippen molar-refractivity contribution >= 4 is 5.91 Å². The van der Waals surface area contributed by atoms with E-state index < -0.39 is 0 Å². The van der Waals surface area contributed by atoms with Crippen molar-refractivity contribution in [1.29, 1.82) is 0 Å². The van der Waals surface area contributed by atoms with E-state index in [0.717, 1.165) is 16.9 Å². The van der Waals surface area contributed by atoms with Crippen molar-refractivity contribution in [3.8, 4) is 5.75 Å². The number of ether oxygens (including phenoxy) is 1. The van der Waals surface area contributed by atoms with Gasteiger partial charge in [0.05, 0.1) is 13.5 Å². The number of amides is 1. The van der Waals surface area contributed by atoms with Crippen molar-refractivity contribution in [3.63, 3.8) is 0 Å².